The number of H-pyrrole nitrogens is 1. The predicted octanol–water partition coefficient (Wildman–Crippen LogP) is 3.21. The van der Waals surface area contributed by atoms with Gasteiger partial charge in [-0.2, -0.15) is 0 Å². The molecule has 0 saturated carbocycles. The summed E-state index contributed by atoms with van der Waals surface area (Å²) in [6.45, 7) is 4.00. The van der Waals surface area contributed by atoms with Gasteiger partial charge in [-0.25, -0.2) is 14.8 Å². The fraction of sp³-hybridized carbons (Fsp3) is 0.250. The van der Waals surface area contributed by atoms with E-state index >= 15 is 0 Å². The number of nitrogens with one attached hydrogen (secondary N) is 1. The Balaban J connectivity index is 1.78. The first-order chi connectivity index (χ1) is 13.2. The molecule has 0 fully saturated rings. The zero-order chi connectivity index (χ0) is 18.5. The fourth-order valence-corrected chi connectivity index (χ4v) is 3.77. The highest BCUT2D eigenvalue weighted by molar-refractivity contribution is 6.12. The zero-order valence-electron chi connectivity index (χ0n) is 15.2. The van der Waals surface area contributed by atoms with Gasteiger partial charge >= 0.3 is 5.97 Å². The number of nitrogens with zero attached hydrogens (tertiary/aromatic N) is 4. The lowest BCUT2D eigenvalue weighted by Crippen LogP contribution is -2.20. The number of aromatic nitrogens is 4. The molecule has 2 aromatic heterocycles. The minimum Gasteiger partial charge on any atom is -0.460 e. The number of carbonyl (C=O) groups is 1. The largest absolute Gasteiger partial charge is 0.460 e. The van der Waals surface area contributed by atoms with Crippen LogP contribution in [0.15, 0.2) is 36.9 Å². The minimum absolute atomic E-state index is 0.313. The molecule has 27 heavy (non-hydrogen) atoms. The van der Waals surface area contributed by atoms with Gasteiger partial charge in [0.15, 0.2) is 0 Å². The van der Waals surface area contributed by atoms with Crippen LogP contribution in [-0.2, 0) is 11.3 Å². The second kappa shape index (κ2) is 5.84. The fourth-order valence-electron chi connectivity index (χ4n) is 3.77. The maximum Gasteiger partial charge on any atom is 0.342 e. The number of ether oxygens (including phenoxy) is 1. The van der Waals surface area contributed by atoms with Crippen LogP contribution in [0.2, 0.25) is 0 Å². The van der Waals surface area contributed by atoms with Gasteiger partial charge in [0.05, 0.1) is 47.0 Å². The molecule has 7 nitrogen and oxygen atoms in total. The molecule has 0 spiro atoms. The molecule has 3 heterocycles. The van der Waals surface area contributed by atoms with Crippen molar-refractivity contribution in [2.45, 2.75) is 13.5 Å². The van der Waals surface area contributed by atoms with Crippen molar-refractivity contribution in [3.63, 3.8) is 0 Å². The van der Waals surface area contributed by atoms with Crippen LogP contribution < -0.4 is 4.90 Å². The average Bonchev–Trinajstić information content (AvgIpc) is 3.29. The first-order valence-electron chi connectivity index (χ1n) is 9.01. The lowest BCUT2D eigenvalue weighted by Gasteiger charge is -2.19. The van der Waals surface area contributed by atoms with E-state index < -0.39 is 0 Å². The van der Waals surface area contributed by atoms with Crippen molar-refractivity contribution in [2.75, 3.05) is 25.1 Å². The SMILES string of the molecule is CCn1cnc2cc(-c3cc4c(c5[nH]cnc35)C(=O)OCCN4C)ccc21. The quantitative estimate of drug-likeness (QED) is 0.555. The molecule has 4 aromatic rings. The van der Waals surface area contributed by atoms with E-state index in [0.29, 0.717) is 24.2 Å². The van der Waals surface area contributed by atoms with Gasteiger partial charge in [-0.15, -0.1) is 0 Å². The third-order valence-corrected chi connectivity index (χ3v) is 5.23. The number of esters is 1. The van der Waals surface area contributed by atoms with Crippen LogP contribution in [0.1, 0.15) is 17.3 Å². The van der Waals surface area contributed by atoms with Gasteiger partial charge < -0.3 is 19.2 Å². The second-order valence-corrected chi connectivity index (χ2v) is 6.74. The number of fused-ring (bicyclic) bond motifs is 4. The molecule has 0 bridgehead atoms. The highest BCUT2D eigenvalue weighted by Gasteiger charge is 2.26. The summed E-state index contributed by atoms with van der Waals surface area (Å²) in [6, 6.07) is 8.28. The van der Waals surface area contributed by atoms with Crippen LogP contribution in [0.4, 0.5) is 5.69 Å². The molecule has 7 heteroatoms. The third kappa shape index (κ3) is 2.31. The summed E-state index contributed by atoms with van der Waals surface area (Å²) in [6.07, 6.45) is 3.48. The summed E-state index contributed by atoms with van der Waals surface area (Å²) < 4.78 is 7.47. The topological polar surface area (TPSA) is 76.0 Å². The van der Waals surface area contributed by atoms with Crippen LogP contribution in [-0.4, -0.2) is 45.7 Å². The van der Waals surface area contributed by atoms with Gasteiger partial charge in [0.1, 0.15) is 12.2 Å². The number of hydrogen-bond acceptors (Lipinski definition) is 5. The molecular weight excluding hydrogens is 342 g/mol. The van der Waals surface area contributed by atoms with E-state index in [1.807, 2.05) is 24.3 Å². The van der Waals surface area contributed by atoms with E-state index in [9.17, 15) is 4.79 Å². The lowest BCUT2D eigenvalue weighted by molar-refractivity contribution is 0.0529. The number of anilines is 1. The molecule has 1 aliphatic rings. The highest BCUT2D eigenvalue weighted by atomic mass is 16.5. The number of carbonyl (C=O) groups excluding carboxylic acids is 1. The molecule has 2 aromatic carbocycles. The molecule has 0 radical (unpaired) electrons. The molecule has 0 atom stereocenters. The molecule has 1 N–H and O–H groups in total. The van der Waals surface area contributed by atoms with Crippen LogP contribution in [0.25, 0.3) is 33.2 Å². The van der Waals surface area contributed by atoms with E-state index in [4.69, 9.17) is 4.74 Å². The number of aryl methyl sites for hydroxylation is 1. The number of benzene rings is 2. The van der Waals surface area contributed by atoms with Crippen LogP contribution >= 0.6 is 0 Å². The van der Waals surface area contributed by atoms with Crippen molar-refractivity contribution < 1.29 is 9.53 Å². The first kappa shape index (κ1) is 15.9. The summed E-state index contributed by atoms with van der Waals surface area (Å²) in [5.41, 5.74) is 6.91. The van der Waals surface area contributed by atoms with E-state index in [2.05, 4.69) is 44.6 Å². The zero-order valence-corrected chi connectivity index (χ0v) is 15.2. The van der Waals surface area contributed by atoms with Crippen LogP contribution in [0.3, 0.4) is 0 Å². The van der Waals surface area contributed by atoms with Gasteiger partial charge in [-0.05, 0) is 30.7 Å². The van der Waals surface area contributed by atoms with Gasteiger partial charge in [0.25, 0.3) is 0 Å². The van der Waals surface area contributed by atoms with E-state index in [1.165, 1.54) is 0 Å². The van der Waals surface area contributed by atoms with E-state index in [1.54, 1.807) is 6.33 Å². The van der Waals surface area contributed by atoms with Crippen LogP contribution in [0.5, 0.6) is 0 Å². The number of aromatic amines is 1. The van der Waals surface area contributed by atoms with Crippen molar-refractivity contribution in [2.24, 2.45) is 0 Å². The number of hydrogen-bond donors (Lipinski definition) is 1. The number of cyclic esters (lactones) is 1. The maximum atomic E-state index is 12.5. The van der Waals surface area contributed by atoms with Gasteiger partial charge in [-0.1, -0.05) is 6.07 Å². The Bertz CT molecular complexity index is 1190. The van der Waals surface area contributed by atoms with Crippen molar-refractivity contribution in [3.05, 3.63) is 42.5 Å². The summed E-state index contributed by atoms with van der Waals surface area (Å²) in [5.74, 6) is -0.313. The number of likely N-dealkylation sites (N-methyl/N-ethyl adjacent to an activating group) is 1. The van der Waals surface area contributed by atoms with Gasteiger partial charge in [0.2, 0.25) is 0 Å². The van der Waals surface area contributed by atoms with Crippen molar-refractivity contribution in [1.29, 1.82) is 0 Å². The highest BCUT2D eigenvalue weighted by Crippen LogP contribution is 2.37. The standard InChI is InChI=1S/C20H19N5O2/c1-3-25-11-23-14-8-12(4-5-15(14)25)13-9-16-17(19-18(13)21-10-22-19)20(26)27-7-6-24(16)2/h4-5,8-11H,3,6-7H2,1-2H3,(H,21,22). The summed E-state index contributed by atoms with van der Waals surface area (Å²) in [5, 5.41) is 0. The molecule has 136 valence electrons. The molecule has 0 unspecified atom stereocenters. The van der Waals surface area contributed by atoms with E-state index in [0.717, 1.165) is 39.9 Å². The number of imidazole rings is 2. The third-order valence-electron chi connectivity index (χ3n) is 5.23. The monoisotopic (exact) mass is 361 g/mol. The average molecular weight is 361 g/mol. The van der Waals surface area contributed by atoms with Crippen molar-refractivity contribution in [3.8, 4) is 11.1 Å². The first-order valence-corrected chi connectivity index (χ1v) is 9.01. The van der Waals surface area contributed by atoms with Gasteiger partial charge in [0, 0.05) is 19.2 Å². The molecule has 0 aliphatic carbocycles. The molecule has 1 aliphatic heterocycles. The Morgan fingerprint density at radius 3 is 3.00 bits per heavy atom. The molecule has 0 saturated heterocycles. The second-order valence-electron chi connectivity index (χ2n) is 6.74. The Morgan fingerprint density at radius 2 is 2.15 bits per heavy atom. The summed E-state index contributed by atoms with van der Waals surface area (Å²) >= 11 is 0. The molecule has 0 amide bonds. The van der Waals surface area contributed by atoms with E-state index in [-0.39, 0.29) is 5.97 Å². The predicted molar refractivity (Wildman–Crippen MR) is 104 cm³/mol. The smallest absolute Gasteiger partial charge is 0.342 e. The Labute approximate surface area is 155 Å². The van der Waals surface area contributed by atoms with Gasteiger partial charge in [-0.3, -0.25) is 0 Å². The Hall–Kier alpha value is -3.35. The Morgan fingerprint density at radius 1 is 1.26 bits per heavy atom. The molecule has 5 rings (SSSR count). The normalized spacial score (nSPS) is 14.4. The number of rotatable bonds is 2. The summed E-state index contributed by atoms with van der Waals surface area (Å²) in [4.78, 5) is 26.7. The van der Waals surface area contributed by atoms with Crippen molar-refractivity contribution in [1.82, 2.24) is 19.5 Å². The summed E-state index contributed by atoms with van der Waals surface area (Å²) in [7, 11) is 1.97. The minimum atomic E-state index is -0.313. The van der Waals surface area contributed by atoms with Crippen molar-refractivity contribution >= 4 is 33.7 Å². The lowest BCUT2D eigenvalue weighted by atomic mass is 9.99. The Kier molecular flexibility index (Phi) is 3.43. The molecular formula is C20H19N5O2. The maximum absolute atomic E-state index is 12.5. The van der Waals surface area contributed by atoms with Crippen LogP contribution in [0, 0.1) is 0 Å².